The van der Waals surface area contributed by atoms with E-state index in [2.05, 4.69) is 9.44 Å². The molecule has 0 spiro atoms. The van der Waals surface area contributed by atoms with Gasteiger partial charge in [-0.25, -0.2) is 16.8 Å². The van der Waals surface area contributed by atoms with Crippen molar-refractivity contribution in [3.8, 4) is 11.5 Å². The number of anilines is 2. The molecule has 0 aromatic heterocycles. The average molecular weight is 517 g/mol. The molecule has 12 heteroatoms. The van der Waals surface area contributed by atoms with Crippen molar-refractivity contribution in [3.63, 3.8) is 0 Å². The number of sulfonamides is 2. The maximum atomic E-state index is 12.7. The van der Waals surface area contributed by atoms with E-state index in [-0.39, 0.29) is 31.9 Å². The fraction of sp³-hybridized carbons (Fsp3) is 0.100. The summed E-state index contributed by atoms with van der Waals surface area (Å²) in [6.07, 6.45) is 0. The third-order valence-electron chi connectivity index (χ3n) is 4.25. The zero-order valence-electron chi connectivity index (χ0n) is 16.8. The van der Waals surface area contributed by atoms with Crippen LogP contribution in [-0.4, -0.2) is 31.1 Å². The molecule has 3 aromatic rings. The van der Waals surface area contributed by atoms with E-state index >= 15 is 0 Å². The monoisotopic (exact) mass is 516 g/mol. The highest BCUT2D eigenvalue weighted by molar-refractivity contribution is 7.93. The number of rotatable bonds is 8. The van der Waals surface area contributed by atoms with Gasteiger partial charge in [0.1, 0.15) is 0 Å². The molecular formula is C20H18Cl2N2O6S2. The van der Waals surface area contributed by atoms with Gasteiger partial charge in [0.05, 0.1) is 39.7 Å². The number of nitrogens with one attached hydrogen (secondary N) is 2. The summed E-state index contributed by atoms with van der Waals surface area (Å²) in [6.45, 7) is 0. The maximum absolute atomic E-state index is 12.7. The second-order valence-electron chi connectivity index (χ2n) is 6.38. The molecule has 0 fully saturated rings. The Morgan fingerprint density at radius 3 is 1.75 bits per heavy atom. The minimum absolute atomic E-state index is 0.0480. The number of hydrogen-bond acceptors (Lipinski definition) is 6. The Morgan fingerprint density at radius 2 is 1.16 bits per heavy atom. The van der Waals surface area contributed by atoms with Gasteiger partial charge in [0.2, 0.25) is 0 Å². The number of ether oxygens (including phenoxy) is 2. The van der Waals surface area contributed by atoms with E-state index in [1.807, 2.05) is 0 Å². The Hall–Kier alpha value is -2.66. The van der Waals surface area contributed by atoms with Gasteiger partial charge in [0.25, 0.3) is 20.0 Å². The standard InChI is InChI=1S/C20H18Cl2N2O6S2/c1-29-19-10-8-16(12-20(19)30-2)32(27,28)23-13-3-6-15(7-4-13)31(25,26)24-14-5-9-17(21)18(22)11-14/h3-12,23-24H,1-2H3. The lowest BCUT2D eigenvalue weighted by Crippen LogP contribution is -2.14. The van der Waals surface area contributed by atoms with Crippen LogP contribution in [0.4, 0.5) is 11.4 Å². The first kappa shape index (κ1) is 24.0. The second kappa shape index (κ2) is 9.45. The number of halogens is 2. The highest BCUT2D eigenvalue weighted by Gasteiger charge is 2.19. The molecule has 0 bridgehead atoms. The number of methoxy groups -OCH3 is 2. The summed E-state index contributed by atoms with van der Waals surface area (Å²) in [5.74, 6) is 0.640. The lowest BCUT2D eigenvalue weighted by Gasteiger charge is -2.12. The zero-order chi connectivity index (χ0) is 23.5. The van der Waals surface area contributed by atoms with E-state index in [9.17, 15) is 16.8 Å². The van der Waals surface area contributed by atoms with Gasteiger partial charge >= 0.3 is 0 Å². The molecule has 3 rings (SSSR count). The number of benzene rings is 3. The summed E-state index contributed by atoms with van der Waals surface area (Å²) in [5, 5.41) is 0.493. The fourth-order valence-corrected chi connectivity index (χ4v) is 5.09. The highest BCUT2D eigenvalue weighted by atomic mass is 35.5. The van der Waals surface area contributed by atoms with Gasteiger partial charge in [0, 0.05) is 11.8 Å². The van der Waals surface area contributed by atoms with Crippen LogP contribution in [0.15, 0.2) is 70.5 Å². The first-order valence-corrected chi connectivity index (χ1v) is 12.6. The molecule has 0 saturated carbocycles. The summed E-state index contributed by atoms with van der Waals surface area (Å²) in [7, 11) is -5.05. The lowest BCUT2D eigenvalue weighted by molar-refractivity contribution is 0.354. The molecule has 3 aromatic carbocycles. The van der Waals surface area contributed by atoms with Crippen molar-refractivity contribution in [2.24, 2.45) is 0 Å². The lowest BCUT2D eigenvalue weighted by atomic mass is 10.3. The fourth-order valence-electron chi connectivity index (χ4n) is 2.67. The third kappa shape index (κ3) is 5.39. The predicted molar refractivity (Wildman–Crippen MR) is 124 cm³/mol. The van der Waals surface area contributed by atoms with Crippen molar-refractivity contribution in [2.45, 2.75) is 9.79 Å². The molecule has 0 atom stereocenters. The Labute approximate surface area is 196 Å². The Morgan fingerprint density at radius 1 is 0.625 bits per heavy atom. The van der Waals surface area contributed by atoms with Crippen molar-refractivity contribution in [1.82, 2.24) is 0 Å². The Kier molecular flexibility index (Phi) is 7.09. The van der Waals surface area contributed by atoms with Crippen molar-refractivity contribution in [2.75, 3.05) is 23.7 Å². The highest BCUT2D eigenvalue weighted by Crippen LogP contribution is 2.30. The molecule has 0 unspecified atom stereocenters. The van der Waals surface area contributed by atoms with Crippen LogP contribution in [0.25, 0.3) is 0 Å². The molecular weight excluding hydrogens is 499 g/mol. The smallest absolute Gasteiger partial charge is 0.262 e. The van der Waals surface area contributed by atoms with Gasteiger partial charge in [-0.1, -0.05) is 23.2 Å². The summed E-state index contributed by atoms with van der Waals surface area (Å²) in [6, 6.07) is 13.7. The van der Waals surface area contributed by atoms with Gasteiger partial charge in [-0.15, -0.1) is 0 Å². The molecule has 0 saturated heterocycles. The maximum Gasteiger partial charge on any atom is 0.262 e. The van der Waals surface area contributed by atoms with E-state index in [0.717, 1.165) is 0 Å². The largest absolute Gasteiger partial charge is 0.493 e. The van der Waals surface area contributed by atoms with Crippen LogP contribution in [-0.2, 0) is 20.0 Å². The molecule has 170 valence electrons. The van der Waals surface area contributed by atoms with Gasteiger partial charge in [0.15, 0.2) is 11.5 Å². The topological polar surface area (TPSA) is 111 Å². The second-order valence-corrected chi connectivity index (χ2v) is 10.6. The molecule has 2 N–H and O–H groups in total. The molecule has 8 nitrogen and oxygen atoms in total. The Bertz CT molecular complexity index is 1350. The summed E-state index contributed by atoms with van der Waals surface area (Å²) < 4.78 is 65.6. The molecule has 0 amide bonds. The first-order chi connectivity index (χ1) is 15.1. The minimum Gasteiger partial charge on any atom is -0.493 e. The zero-order valence-corrected chi connectivity index (χ0v) is 19.9. The van der Waals surface area contributed by atoms with Crippen LogP contribution in [0.1, 0.15) is 0 Å². The van der Waals surface area contributed by atoms with Crippen LogP contribution in [0, 0.1) is 0 Å². The molecule has 0 heterocycles. The molecule has 0 aliphatic heterocycles. The van der Waals surface area contributed by atoms with E-state index in [1.165, 1.54) is 74.9 Å². The summed E-state index contributed by atoms with van der Waals surface area (Å²) in [5.41, 5.74) is 0.408. The van der Waals surface area contributed by atoms with Crippen LogP contribution in [0.5, 0.6) is 11.5 Å². The Balaban J connectivity index is 1.79. The third-order valence-corrected chi connectivity index (χ3v) is 7.77. The van der Waals surface area contributed by atoms with Crippen molar-refractivity contribution >= 4 is 54.6 Å². The normalized spacial score (nSPS) is 11.6. The predicted octanol–water partition coefficient (Wildman–Crippen LogP) is 4.61. The van der Waals surface area contributed by atoms with Crippen LogP contribution < -0.4 is 18.9 Å². The molecule has 0 aliphatic carbocycles. The van der Waals surface area contributed by atoms with Crippen molar-refractivity contribution < 1.29 is 26.3 Å². The summed E-state index contributed by atoms with van der Waals surface area (Å²) in [4.78, 5) is -0.120. The van der Waals surface area contributed by atoms with Gasteiger partial charge in [-0.2, -0.15) is 0 Å². The number of hydrogen-bond donors (Lipinski definition) is 2. The average Bonchev–Trinajstić information content (AvgIpc) is 2.75. The summed E-state index contributed by atoms with van der Waals surface area (Å²) >= 11 is 11.7. The van der Waals surface area contributed by atoms with E-state index in [1.54, 1.807) is 0 Å². The minimum atomic E-state index is -3.95. The van der Waals surface area contributed by atoms with Gasteiger partial charge in [-0.05, 0) is 54.6 Å². The molecule has 0 aliphatic rings. The van der Waals surface area contributed by atoms with Crippen LogP contribution in [0.2, 0.25) is 10.0 Å². The van der Waals surface area contributed by atoms with E-state index in [0.29, 0.717) is 10.8 Å². The van der Waals surface area contributed by atoms with E-state index in [4.69, 9.17) is 32.7 Å². The van der Waals surface area contributed by atoms with Crippen molar-refractivity contribution in [3.05, 3.63) is 70.7 Å². The first-order valence-electron chi connectivity index (χ1n) is 8.88. The SMILES string of the molecule is COc1ccc(S(=O)(=O)Nc2ccc(S(=O)(=O)Nc3ccc(Cl)c(Cl)c3)cc2)cc1OC. The molecule has 32 heavy (non-hydrogen) atoms. The van der Waals surface area contributed by atoms with Gasteiger partial charge < -0.3 is 9.47 Å². The van der Waals surface area contributed by atoms with Crippen LogP contribution in [0.3, 0.4) is 0 Å². The quantitative estimate of drug-likeness (QED) is 0.452. The van der Waals surface area contributed by atoms with Crippen molar-refractivity contribution in [1.29, 1.82) is 0 Å². The van der Waals surface area contributed by atoms with Gasteiger partial charge in [-0.3, -0.25) is 9.44 Å². The van der Waals surface area contributed by atoms with E-state index < -0.39 is 20.0 Å². The molecule has 0 radical (unpaired) electrons. The van der Waals surface area contributed by atoms with Crippen LogP contribution >= 0.6 is 23.2 Å².